The number of aliphatic hydroxyl groups is 1. The molecule has 1 aromatic rings. The van der Waals surface area contributed by atoms with Gasteiger partial charge in [-0.15, -0.1) is 0 Å². The second-order valence-electron chi connectivity index (χ2n) is 5.40. The first-order chi connectivity index (χ1) is 9.63. The third kappa shape index (κ3) is 2.30. The van der Waals surface area contributed by atoms with E-state index in [9.17, 15) is 13.5 Å². The first kappa shape index (κ1) is 13.8. The maximum atomic E-state index is 12.7. The average molecular weight is 293 g/mol. The van der Waals surface area contributed by atoms with Gasteiger partial charge in [0.25, 0.3) is 0 Å². The Morgan fingerprint density at radius 3 is 2.85 bits per heavy atom. The fourth-order valence-corrected chi connectivity index (χ4v) is 4.94. The summed E-state index contributed by atoms with van der Waals surface area (Å²) in [6.45, 7) is 0.426. The molecular weight excluding hydrogens is 274 g/mol. The summed E-state index contributed by atoms with van der Waals surface area (Å²) in [4.78, 5) is 0.483. The molecule has 1 aliphatic heterocycles. The number of aryl methyl sites for hydroxylation is 1. The lowest BCUT2D eigenvalue weighted by atomic mass is 9.98. The number of nitrogens with zero attached hydrogens (tertiary/aromatic N) is 1. The Morgan fingerprint density at radius 2 is 2.05 bits per heavy atom. The fraction of sp³-hybridized carbons (Fsp3) is 0.467. The van der Waals surface area contributed by atoms with Gasteiger partial charge >= 0.3 is 0 Å². The molecule has 1 heterocycles. The predicted molar refractivity (Wildman–Crippen MR) is 78.5 cm³/mol. The first-order valence-corrected chi connectivity index (χ1v) is 8.48. The molecule has 0 saturated carbocycles. The monoisotopic (exact) mass is 293 g/mol. The third-order valence-corrected chi connectivity index (χ3v) is 6.27. The summed E-state index contributed by atoms with van der Waals surface area (Å²) < 4.78 is 26.9. The summed E-state index contributed by atoms with van der Waals surface area (Å²) in [7, 11) is -3.43. The van der Waals surface area contributed by atoms with Gasteiger partial charge in [0.2, 0.25) is 10.0 Å². The lowest BCUT2D eigenvalue weighted by Crippen LogP contribution is -2.38. The zero-order valence-electron chi connectivity index (χ0n) is 11.3. The van der Waals surface area contributed by atoms with Gasteiger partial charge in [0, 0.05) is 12.6 Å². The van der Waals surface area contributed by atoms with Gasteiger partial charge in [-0.05, 0) is 42.9 Å². The number of allylic oxidation sites excluding steroid dienone is 1. The Morgan fingerprint density at radius 1 is 1.25 bits per heavy atom. The van der Waals surface area contributed by atoms with Crippen LogP contribution in [0.3, 0.4) is 0 Å². The van der Waals surface area contributed by atoms with E-state index in [0.29, 0.717) is 17.9 Å². The molecule has 4 nitrogen and oxygen atoms in total. The van der Waals surface area contributed by atoms with E-state index in [0.717, 1.165) is 24.8 Å². The van der Waals surface area contributed by atoms with Gasteiger partial charge in [-0.3, -0.25) is 0 Å². The molecule has 1 aromatic carbocycles. The van der Waals surface area contributed by atoms with Gasteiger partial charge in [-0.1, -0.05) is 24.3 Å². The summed E-state index contributed by atoms with van der Waals surface area (Å²) in [5, 5.41) is 9.33. The fourth-order valence-electron chi connectivity index (χ4n) is 3.07. The van der Waals surface area contributed by atoms with Crippen molar-refractivity contribution in [3.63, 3.8) is 0 Å². The highest BCUT2D eigenvalue weighted by Crippen LogP contribution is 2.32. The Kier molecular flexibility index (Phi) is 3.67. The number of sulfonamides is 1. The van der Waals surface area contributed by atoms with Gasteiger partial charge in [0.15, 0.2) is 0 Å². The van der Waals surface area contributed by atoms with Crippen LogP contribution >= 0.6 is 0 Å². The molecule has 0 aromatic heterocycles. The largest absolute Gasteiger partial charge is 0.395 e. The van der Waals surface area contributed by atoms with Crippen LogP contribution in [-0.4, -0.2) is 37.0 Å². The molecule has 2 aliphatic rings. The molecular formula is C15H19NO3S. The van der Waals surface area contributed by atoms with E-state index in [1.807, 2.05) is 24.3 Å². The summed E-state index contributed by atoms with van der Waals surface area (Å²) >= 11 is 0. The van der Waals surface area contributed by atoms with Crippen molar-refractivity contribution in [3.05, 3.63) is 40.3 Å². The molecule has 20 heavy (non-hydrogen) atoms. The minimum absolute atomic E-state index is 0.0941. The number of hydrogen-bond donors (Lipinski definition) is 1. The lowest BCUT2D eigenvalue weighted by molar-refractivity contribution is 0.214. The quantitative estimate of drug-likeness (QED) is 0.924. The van der Waals surface area contributed by atoms with E-state index in [-0.39, 0.29) is 12.6 Å². The molecule has 0 unspecified atom stereocenters. The second kappa shape index (κ2) is 5.31. The minimum Gasteiger partial charge on any atom is -0.395 e. The van der Waals surface area contributed by atoms with Crippen LogP contribution in [-0.2, 0) is 16.4 Å². The maximum absolute atomic E-state index is 12.7. The molecule has 1 saturated heterocycles. The zero-order valence-corrected chi connectivity index (χ0v) is 12.1. The summed E-state index contributed by atoms with van der Waals surface area (Å²) in [5.41, 5.74) is 2.20. The molecule has 108 valence electrons. The Balaban J connectivity index is 1.95. The van der Waals surface area contributed by atoms with E-state index in [1.165, 1.54) is 9.87 Å². The first-order valence-electron chi connectivity index (χ1n) is 7.04. The van der Waals surface area contributed by atoms with Crippen molar-refractivity contribution in [1.82, 2.24) is 4.31 Å². The summed E-state index contributed by atoms with van der Waals surface area (Å²) in [6, 6.07) is 7.66. The molecule has 1 atom stereocenters. The van der Waals surface area contributed by atoms with Crippen LogP contribution in [0.2, 0.25) is 0 Å². The Hall–Kier alpha value is -1.17. The van der Waals surface area contributed by atoms with Crippen molar-refractivity contribution < 1.29 is 13.5 Å². The van der Waals surface area contributed by atoms with Crippen molar-refractivity contribution in [2.45, 2.75) is 31.7 Å². The third-order valence-electron chi connectivity index (χ3n) is 4.19. The van der Waals surface area contributed by atoms with Gasteiger partial charge < -0.3 is 5.11 Å². The summed E-state index contributed by atoms with van der Waals surface area (Å²) in [6.07, 6.45) is 4.68. The molecule has 0 bridgehead atoms. The minimum atomic E-state index is -3.43. The highest BCUT2D eigenvalue weighted by atomic mass is 32.2. The number of rotatable bonds is 3. The van der Waals surface area contributed by atoms with Gasteiger partial charge in [0.05, 0.1) is 11.5 Å². The molecule has 0 amide bonds. The van der Waals surface area contributed by atoms with Crippen LogP contribution in [0.5, 0.6) is 0 Å². The Labute approximate surface area is 119 Å². The molecule has 3 rings (SSSR count). The molecule has 0 spiro atoms. The van der Waals surface area contributed by atoms with Gasteiger partial charge in [0.1, 0.15) is 0 Å². The highest BCUT2D eigenvalue weighted by molar-refractivity contribution is 7.93. The van der Waals surface area contributed by atoms with Crippen molar-refractivity contribution >= 4 is 16.1 Å². The molecule has 1 N–H and O–H groups in total. The lowest BCUT2D eigenvalue weighted by Gasteiger charge is -2.25. The number of fused-ring (bicyclic) bond motifs is 1. The molecule has 5 heteroatoms. The topological polar surface area (TPSA) is 57.6 Å². The van der Waals surface area contributed by atoms with Crippen LogP contribution in [0.4, 0.5) is 0 Å². The van der Waals surface area contributed by atoms with Crippen LogP contribution < -0.4 is 0 Å². The van der Waals surface area contributed by atoms with Crippen LogP contribution in [0.1, 0.15) is 30.4 Å². The maximum Gasteiger partial charge on any atom is 0.239 e. The number of hydrogen-bond acceptors (Lipinski definition) is 3. The highest BCUT2D eigenvalue weighted by Gasteiger charge is 2.36. The molecule has 0 radical (unpaired) electrons. The van der Waals surface area contributed by atoms with Crippen LogP contribution in [0.15, 0.2) is 29.2 Å². The average Bonchev–Trinajstić information content (AvgIpc) is 2.96. The van der Waals surface area contributed by atoms with Crippen LogP contribution in [0.25, 0.3) is 6.08 Å². The number of benzene rings is 1. The van der Waals surface area contributed by atoms with Crippen molar-refractivity contribution in [2.24, 2.45) is 0 Å². The van der Waals surface area contributed by atoms with E-state index < -0.39 is 10.0 Å². The van der Waals surface area contributed by atoms with Gasteiger partial charge in [-0.2, -0.15) is 4.31 Å². The normalized spacial score (nSPS) is 23.4. The smallest absolute Gasteiger partial charge is 0.239 e. The van der Waals surface area contributed by atoms with Gasteiger partial charge in [-0.25, -0.2) is 8.42 Å². The van der Waals surface area contributed by atoms with E-state index >= 15 is 0 Å². The van der Waals surface area contributed by atoms with E-state index in [1.54, 1.807) is 6.08 Å². The summed E-state index contributed by atoms with van der Waals surface area (Å²) in [5.74, 6) is 0. The van der Waals surface area contributed by atoms with Crippen molar-refractivity contribution in [1.29, 1.82) is 0 Å². The zero-order chi connectivity index (χ0) is 14.2. The SMILES string of the molecule is O=S(=O)(C1=Cc2ccccc2CC1)N1CCC[C@@H]1CO. The molecule has 1 aliphatic carbocycles. The second-order valence-corrected chi connectivity index (χ2v) is 7.35. The van der Waals surface area contributed by atoms with E-state index in [2.05, 4.69) is 0 Å². The van der Waals surface area contributed by atoms with Crippen molar-refractivity contribution in [3.8, 4) is 0 Å². The van der Waals surface area contributed by atoms with Crippen molar-refractivity contribution in [2.75, 3.05) is 13.2 Å². The Bertz CT molecular complexity index is 636. The number of aliphatic hydroxyl groups excluding tert-OH is 1. The standard InChI is InChI=1S/C15H19NO3S/c17-11-14-6-3-9-16(14)20(18,19)15-8-7-12-4-1-2-5-13(12)10-15/h1-2,4-5,10,14,17H,3,6-9,11H2/t14-/m1/s1. The predicted octanol–water partition coefficient (Wildman–Crippen LogP) is 1.76. The molecule has 1 fully saturated rings. The van der Waals surface area contributed by atoms with E-state index in [4.69, 9.17) is 0 Å². The van der Waals surface area contributed by atoms with Crippen LogP contribution in [0, 0.1) is 0 Å².